The lowest BCUT2D eigenvalue weighted by Crippen LogP contribution is -2.24. The fourth-order valence-corrected chi connectivity index (χ4v) is 1.76. The van der Waals surface area contributed by atoms with Gasteiger partial charge in [-0.1, -0.05) is 24.2 Å². The monoisotopic (exact) mass is 240 g/mol. The Morgan fingerprint density at radius 3 is 2.50 bits per heavy atom. The molecule has 4 heteroatoms. The van der Waals surface area contributed by atoms with Crippen LogP contribution in [0.2, 0.25) is 0 Å². The number of nitrogens with zero attached hydrogens (tertiary/aromatic N) is 1. The molecule has 0 aromatic heterocycles. The Bertz CT molecular complexity index is 493. The Morgan fingerprint density at radius 1 is 1.33 bits per heavy atom. The average Bonchev–Trinajstić information content (AvgIpc) is 3.10. The van der Waals surface area contributed by atoms with E-state index in [1.807, 2.05) is 12.1 Å². The van der Waals surface area contributed by atoms with Crippen molar-refractivity contribution < 1.29 is 4.79 Å². The summed E-state index contributed by atoms with van der Waals surface area (Å²) in [7, 11) is 9.29. The van der Waals surface area contributed by atoms with Gasteiger partial charge in [-0.25, -0.2) is 0 Å². The summed E-state index contributed by atoms with van der Waals surface area (Å²) in [6, 6.07) is 5.89. The summed E-state index contributed by atoms with van der Waals surface area (Å²) in [5, 5.41) is 3.32. The molecule has 0 bridgehead atoms. The predicted molar refractivity (Wildman–Crippen MR) is 75.0 cm³/mol. The molecular weight excluding hydrogens is 223 g/mol. The molecule has 0 atom stereocenters. The van der Waals surface area contributed by atoms with Gasteiger partial charge in [0.15, 0.2) is 0 Å². The van der Waals surface area contributed by atoms with E-state index < -0.39 is 0 Å². The van der Waals surface area contributed by atoms with Gasteiger partial charge in [-0.05, 0) is 24.5 Å². The topological polar surface area (TPSA) is 32.3 Å². The lowest BCUT2D eigenvalue weighted by Gasteiger charge is -2.14. The molecular formula is C14H17BN2O. The Hall–Kier alpha value is -1.71. The number of benzene rings is 1. The Labute approximate surface area is 109 Å². The average molecular weight is 240 g/mol. The van der Waals surface area contributed by atoms with E-state index in [4.69, 9.17) is 7.85 Å². The molecule has 1 saturated carbocycles. The number of hydrogen-bond acceptors (Lipinski definition) is 2. The lowest BCUT2D eigenvalue weighted by molar-refractivity contribution is 0.0827. The Kier molecular flexibility index (Phi) is 3.46. The van der Waals surface area contributed by atoms with Gasteiger partial charge in [0, 0.05) is 31.4 Å². The molecule has 1 aliphatic rings. The van der Waals surface area contributed by atoms with Gasteiger partial charge in [-0.3, -0.25) is 4.79 Å². The molecule has 1 aliphatic carbocycles. The molecule has 0 spiro atoms. The zero-order valence-corrected chi connectivity index (χ0v) is 10.9. The summed E-state index contributed by atoms with van der Waals surface area (Å²) in [6.45, 7) is 4.00. The fourth-order valence-electron chi connectivity index (χ4n) is 1.76. The first-order valence-electron chi connectivity index (χ1n) is 6.05. The van der Waals surface area contributed by atoms with E-state index in [-0.39, 0.29) is 5.91 Å². The van der Waals surface area contributed by atoms with E-state index in [1.54, 1.807) is 20.2 Å². The molecule has 1 fully saturated rings. The van der Waals surface area contributed by atoms with Crippen molar-refractivity contribution in [2.75, 3.05) is 14.1 Å². The maximum Gasteiger partial charge on any atom is 0.253 e. The summed E-state index contributed by atoms with van der Waals surface area (Å²) in [5.41, 5.74) is 2.88. The van der Waals surface area contributed by atoms with Gasteiger partial charge in [0.1, 0.15) is 7.85 Å². The Balaban J connectivity index is 2.25. The van der Waals surface area contributed by atoms with Crippen molar-refractivity contribution >= 4 is 24.9 Å². The minimum absolute atomic E-state index is 0.0530. The third kappa shape index (κ3) is 2.94. The molecule has 1 amide bonds. The van der Waals surface area contributed by atoms with Crippen LogP contribution in [0.15, 0.2) is 24.8 Å². The SMILES string of the molecule is [B]c1cc(C(=C)NC2CC2)cc(C(=O)N(C)C)c1. The summed E-state index contributed by atoms with van der Waals surface area (Å²) < 4.78 is 0. The van der Waals surface area contributed by atoms with Crippen molar-refractivity contribution in [3.8, 4) is 0 Å². The largest absolute Gasteiger partial charge is 0.382 e. The fraction of sp³-hybridized carbons (Fsp3) is 0.357. The first kappa shape index (κ1) is 12.7. The van der Waals surface area contributed by atoms with Crippen LogP contribution in [0.3, 0.4) is 0 Å². The van der Waals surface area contributed by atoms with E-state index in [0.29, 0.717) is 17.1 Å². The number of nitrogens with one attached hydrogen (secondary N) is 1. The van der Waals surface area contributed by atoms with Gasteiger partial charge < -0.3 is 10.2 Å². The van der Waals surface area contributed by atoms with Gasteiger partial charge >= 0.3 is 0 Å². The second-order valence-electron chi connectivity index (χ2n) is 4.94. The number of rotatable bonds is 4. The number of carbonyl (C=O) groups is 1. The van der Waals surface area contributed by atoms with Crippen LogP contribution in [-0.4, -0.2) is 38.8 Å². The zero-order valence-electron chi connectivity index (χ0n) is 10.9. The predicted octanol–water partition coefficient (Wildman–Crippen LogP) is 0.905. The summed E-state index contributed by atoms with van der Waals surface area (Å²) >= 11 is 0. The minimum Gasteiger partial charge on any atom is -0.382 e. The van der Waals surface area contributed by atoms with Crippen LogP contribution in [0.5, 0.6) is 0 Å². The van der Waals surface area contributed by atoms with Crippen molar-refractivity contribution in [3.63, 3.8) is 0 Å². The smallest absolute Gasteiger partial charge is 0.253 e. The molecule has 18 heavy (non-hydrogen) atoms. The molecule has 2 radical (unpaired) electrons. The van der Waals surface area contributed by atoms with Crippen LogP contribution >= 0.6 is 0 Å². The van der Waals surface area contributed by atoms with Crippen LogP contribution in [0.1, 0.15) is 28.8 Å². The second kappa shape index (κ2) is 4.88. The minimum atomic E-state index is -0.0530. The zero-order chi connectivity index (χ0) is 13.3. The van der Waals surface area contributed by atoms with Crippen molar-refractivity contribution in [2.45, 2.75) is 18.9 Å². The summed E-state index contributed by atoms with van der Waals surface area (Å²) in [4.78, 5) is 13.5. The molecule has 1 aromatic rings. The highest BCUT2D eigenvalue weighted by atomic mass is 16.2. The highest BCUT2D eigenvalue weighted by Gasteiger charge is 2.21. The number of hydrogen-bond donors (Lipinski definition) is 1. The van der Waals surface area contributed by atoms with Crippen molar-refractivity contribution in [3.05, 3.63) is 35.9 Å². The number of carbonyl (C=O) groups excluding carboxylic acids is 1. The molecule has 92 valence electrons. The molecule has 1 N–H and O–H groups in total. The van der Waals surface area contributed by atoms with Gasteiger partial charge in [0.05, 0.1) is 0 Å². The van der Waals surface area contributed by atoms with Gasteiger partial charge in [0.25, 0.3) is 5.91 Å². The van der Waals surface area contributed by atoms with E-state index in [1.165, 1.54) is 17.7 Å². The van der Waals surface area contributed by atoms with E-state index in [0.717, 1.165) is 11.3 Å². The normalized spacial score (nSPS) is 14.1. The van der Waals surface area contributed by atoms with Crippen molar-refractivity contribution in [1.82, 2.24) is 10.2 Å². The molecule has 0 unspecified atom stereocenters. The molecule has 2 rings (SSSR count). The van der Waals surface area contributed by atoms with Crippen LogP contribution < -0.4 is 10.8 Å². The molecule has 0 saturated heterocycles. The van der Waals surface area contributed by atoms with Gasteiger partial charge in [0.2, 0.25) is 0 Å². The third-order valence-corrected chi connectivity index (χ3v) is 2.91. The van der Waals surface area contributed by atoms with E-state index in [2.05, 4.69) is 11.9 Å². The van der Waals surface area contributed by atoms with Crippen molar-refractivity contribution in [1.29, 1.82) is 0 Å². The van der Waals surface area contributed by atoms with E-state index in [9.17, 15) is 4.79 Å². The summed E-state index contributed by atoms with van der Waals surface area (Å²) in [5.74, 6) is -0.0530. The maximum atomic E-state index is 11.9. The molecule has 0 heterocycles. The van der Waals surface area contributed by atoms with Crippen molar-refractivity contribution in [2.24, 2.45) is 0 Å². The third-order valence-electron chi connectivity index (χ3n) is 2.91. The van der Waals surface area contributed by atoms with Crippen LogP contribution in [0.25, 0.3) is 5.70 Å². The Morgan fingerprint density at radius 2 is 1.94 bits per heavy atom. The first-order valence-corrected chi connectivity index (χ1v) is 6.05. The second-order valence-corrected chi connectivity index (χ2v) is 4.94. The standard InChI is InChI=1S/C14H17BN2O/c1-9(16-13-4-5-13)10-6-11(8-12(15)7-10)14(18)17(2)3/h6-8,13,16H,1,4-5H2,2-3H3. The molecule has 3 nitrogen and oxygen atoms in total. The van der Waals surface area contributed by atoms with Crippen LogP contribution in [0, 0.1) is 0 Å². The van der Waals surface area contributed by atoms with Gasteiger partial charge in [-0.2, -0.15) is 0 Å². The quantitative estimate of drug-likeness (QED) is 0.793. The highest BCUT2D eigenvalue weighted by Crippen LogP contribution is 2.23. The first-order chi connectivity index (χ1) is 8.47. The van der Waals surface area contributed by atoms with E-state index >= 15 is 0 Å². The molecule has 0 aliphatic heterocycles. The number of amides is 1. The lowest BCUT2D eigenvalue weighted by atomic mass is 9.91. The highest BCUT2D eigenvalue weighted by molar-refractivity contribution is 6.33. The van der Waals surface area contributed by atoms with Gasteiger partial charge in [-0.15, -0.1) is 0 Å². The van der Waals surface area contributed by atoms with Crippen LogP contribution in [-0.2, 0) is 0 Å². The maximum absolute atomic E-state index is 11.9. The molecule has 1 aromatic carbocycles. The summed E-state index contributed by atoms with van der Waals surface area (Å²) in [6.07, 6.45) is 2.37. The van der Waals surface area contributed by atoms with Crippen LogP contribution in [0.4, 0.5) is 0 Å².